The number of rotatable bonds is 4. The Labute approximate surface area is 140 Å². The molecule has 3 rings (SSSR count). The number of nitrogen functional groups attached to an aromatic ring is 1. The van der Waals surface area contributed by atoms with E-state index in [9.17, 15) is 4.79 Å². The lowest BCUT2D eigenvalue weighted by Gasteiger charge is -2.36. The Bertz CT molecular complexity index is 765. The zero-order valence-electron chi connectivity index (χ0n) is 14.1. The van der Waals surface area contributed by atoms with Crippen LogP contribution in [0.1, 0.15) is 24.9 Å². The number of hydrogen-bond donors (Lipinski definition) is 2. The molecule has 2 aromatic rings. The maximum atomic E-state index is 11.5. The van der Waals surface area contributed by atoms with Crippen LogP contribution in [-0.2, 0) is 6.42 Å². The summed E-state index contributed by atoms with van der Waals surface area (Å²) in [5, 5.41) is 0. The fraction of sp³-hybridized carbons (Fsp3) is 0.500. The predicted octanol–water partition coefficient (Wildman–Crippen LogP) is 0.730. The molecule has 0 amide bonds. The Kier molecular flexibility index (Phi) is 4.64. The van der Waals surface area contributed by atoms with Crippen molar-refractivity contribution < 1.29 is 0 Å². The highest BCUT2D eigenvalue weighted by atomic mass is 16.1. The summed E-state index contributed by atoms with van der Waals surface area (Å²) in [5.41, 5.74) is 6.39. The fourth-order valence-corrected chi connectivity index (χ4v) is 2.90. The van der Waals surface area contributed by atoms with Gasteiger partial charge in [0.15, 0.2) is 0 Å². The van der Waals surface area contributed by atoms with E-state index in [4.69, 9.17) is 5.73 Å². The number of nitrogens with zero attached hydrogens (tertiary/aromatic N) is 5. The molecule has 1 aliphatic heterocycles. The number of aryl methyl sites for hydroxylation is 2. The monoisotopic (exact) mass is 329 g/mol. The number of nitrogens with two attached hydrogens (primary N) is 1. The molecule has 0 atom stereocenters. The van der Waals surface area contributed by atoms with E-state index in [1.807, 2.05) is 13.0 Å². The summed E-state index contributed by atoms with van der Waals surface area (Å²) in [4.78, 5) is 31.7. The highest BCUT2D eigenvalue weighted by molar-refractivity contribution is 5.46. The number of aromatic nitrogens is 4. The zero-order valence-corrected chi connectivity index (χ0v) is 14.1. The number of anilines is 3. The first kappa shape index (κ1) is 16.2. The maximum Gasteiger partial charge on any atom is 0.254 e. The van der Waals surface area contributed by atoms with Crippen LogP contribution in [0.5, 0.6) is 0 Å². The van der Waals surface area contributed by atoms with Crippen molar-refractivity contribution in [1.82, 2.24) is 19.9 Å². The van der Waals surface area contributed by atoms with Crippen molar-refractivity contribution in [3.63, 3.8) is 0 Å². The first-order valence-electron chi connectivity index (χ1n) is 8.26. The average Bonchev–Trinajstić information content (AvgIpc) is 2.54. The van der Waals surface area contributed by atoms with Gasteiger partial charge in [-0.2, -0.15) is 4.98 Å². The van der Waals surface area contributed by atoms with Crippen molar-refractivity contribution in [3.05, 3.63) is 34.0 Å². The summed E-state index contributed by atoms with van der Waals surface area (Å²) in [6.45, 7) is 7.30. The minimum atomic E-state index is -0.226. The van der Waals surface area contributed by atoms with Crippen LogP contribution in [0.4, 0.5) is 17.6 Å². The molecule has 1 saturated heterocycles. The average molecular weight is 329 g/mol. The Morgan fingerprint density at radius 1 is 1.08 bits per heavy atom. The molecule has 8 heteroatoms. The molecule has 0 aromatic carbocycles. The molecular weight excluding hydrogens is 306 g/mol. The third-order valence-electron chi connectivity index (χ3n) is 4.03. The van der Waals surface area contributed by atoms with Gasteiger partial charge in [0.05, 0.1) is 0 Å². The second-order valence-electron chi connectivity index (χ2n) is 6.00. The van der Waals surface area contributed by atoms with Gasteiger partial charge >= 0.3 is 0 Å². The molecule has 0 aliphatic carbocycles. The van der Waals surface area contributed by atoms with Gasteiger partial charge in [-0.05, 0) is 13.3 Å². The number of H-pyrrole nitrogens is 1. The molecule has 0 radical (unpaired) electrons. The number of hydrogen-bond acceptors (Lipinski definition) is 7. The van der Waals surface area contributed by atoms with Crippen molar-refractivity contribution in [2.24, 2.45) is 0 Å². The molecule has 0 spiro atoms. The topological polar surface area (TPSA) is 104 Å². The molecule has 24 heavy (non-hydrogen) atoms. The fourth-order valence-electron chi connectivity index (χ4n) is 2.90. The molecule has 1 fully saturated rings. The van der Waals surface area contributed by atoms with E-state index in [-0.39, 0.29) is 11.5 Å². The van der Waals surface area contributed by atoms with Crippen LogP contribution in [0, 0.1) is 6.92 Å². The smallest absolute Gasteiger partial charge is 0.254 e. The van der Waals surface area contributed by atoms with Crippen LogP contribution in [0.15, 0.2) is 16.9 Å². The SMILES string of the molecule is CCCc1nc(C)cc(N2CCN(c3cc(=O)[nH]c(N)n3)CC2)n1. The van der Waals surface area contributed by atoms with Gasteiger partial charge in [-0.1, -0.05) is 6.92 Å². The molecule has 0 saturated carbocycles. The Morgan fingerprint density at radius 2 is 1.71 bits per heavy atom. The van der Waals surface area contributed by atoms with E-state index in [2.05, 4.69) is 36.7 Å². The highest BCUT2D eigenvalue weighted by Crippen LogP contribution is 2.18. The Hall–Kier alpha value is -2.64. The third kappa shape index (κ3) is 3.64. The van der Waals surface area contributed by atoms with Gasteiger partial charge in [0.1, 0.15) is 17.5 Å². The van der Waals surface area contributed by atoms with Gasteiger partial charge < -0.3 is 15.5 Å². The lowest BCUT2D eigenvalue weighted by molar-refractivity contribution is 0.637. The number of piperazine rings is 1. The first-order chi connectivity index (χ1) is 11.5. The predicted molar refractivity (Wildman–Crippen MR) is 94.5 cm³/mol. The quantitative estimate of drug-likeness (QED) is 0.852. The van der Waals surface area contributed by atoms with E-state index >= 15 is 0 Å². The van der Waals surface area contributed by atoms with Crippen molar-refractivity contribution in [1.29, 1.82) is 0 Å². The summed E-state index contributed by atoms with van der Waals surface area (Å²) in [7, 11) is 0. The zero-order chi connectivity index (χ0) is 17.1. The third-order valence-corrected chi connectivity index (χ3v) is 4.03. The lowest BCUT2D eigenvalue weighted by atomic mass is 10.2. The van der Waals surface area contributed by atoms with Crippen molar-refractivity contribution >= 4 is 17.6 Å². The van der Waals surface area contributed by atoms with Crippen LogP contribution < -0.4 is 21.1 Å². The summed E-state index contributed by atoms with van der Waals surface area (Å²) in [5.74, 6) is 2.65. The van der Waals surface area contributed by atoms with Crippen LogP contribution in [0.2, 0.25) is 0 Å². The Balaban J connectivity index is 1.72. The van der Waals surface area contributed by atoms with Gasteiger partial charge in [0.25, 0.3) is 5.56 Å². The minimum absolute atomic E-state index is 0.149. The van der Waals surface area contributed by atoms with Crippen LogP contribution in [0.3, 0.4) is 0 Å². The summed E-state index contributed by atoms with van der Waals surface area (Å²) >= 11 is 0. The van der Waals surface area contributed by atoms with Crippen molar-refractivity contribution in [2.75, 3.05) is 41.7 Å². The summed E-state index contributed by atoms with van der Waals surface area (Å²) in [6, 6.07) is 3.51. The van der Waals surface area contributed by atoms with E-state index in [0.29, 0.717) is 5.82 Å². The second kappa shape index (κ2) is 6.86. The minimum Gasteiger partial charge on any atom is -0.369 e. The van der Waals surface area contributed by atoms with Crippen molar-refractivity contribution in [3.8, 4) is 0 Å². The molecule has 0 unspecified atom stereocenters. The van der Waals surface area contributed by atoms with E-state index in [1.54, 1.807) is 0 Å². The normalized spacial score (nSPS) is 14.9. The van der Waals surface area contributed by atoms with Gasteiger partial charge in [0.2, 0.25) is 5.95 Å². The molecule has 3 heterocycles. The van der Waals surface area contributed by atoms with Gasteiger partial charge in [-0.25, -0.2) is 9.97 Å². The molecule has 1 aliphatic rings. The summed E-state index contributed by atoms with van der Waals surface area (Å²) < 4.78 is 0. The molecule has 128 valence electrons. The van der Waals surface area contributed by atoms with E-state index in [0.717, 1.165) is 56.4 Å². The standard InChI is InChI=1S/C16H23N7O/c1-3-4-12-18-11(2)9-13(19-12)22-5-7-23(8-6-22)14-10-15(24)21-16(17)20-14/h9-10H,3-8H2,1-2H3,(H3,17,20,21,24). The maximum absolute atomic E-state index is 11.5. The molecule has 2 aromatic heterocycles. The van der Waals surface area contributed by atoms with Gasteiger partial charge in [-0.3, -0.25) is 9.78 Å². The number of nitrogens with one attached hydrogen (secondary N) is 1. The molecule has 3 N–H and O–H groups in total. The molecule has 0 bridgehead atoms. The van der Waals surface area contributed by atoms with Crippen LogP contribution in [-0.4, -0.2) is 46.1 Å². The first-order valence-corrected chi connectivity index (χ1v) is 8.26. The second-order valence-corrected chi connectivity index (χ2v) is 6.00. The molecular formula is C16H23N7O. The highest BCUT2D eigenvalue weighted by Gasteiger charge is 2.20. The Morgan fingerprint density at radius 3 is 2.29 bits per heavy atom. The van der Waals surface area contributed by atoms with Crippen LogP contribution in [0.25, 0.3) is 0 Å². The largest absolute Gasteiger partial charge is 0.369 e. The van der Waals surface area contributed by atoms with Gasteiger partial charge in [0, 0.05) is 50.4 Å². The lowest BCUT2D eigenvalue weighted by Crippen LogP contribution is -2.47. The summed E-state index contributed by atoms with van der Waals surface area (Å²) in [6.07, 6.45) is 1.93. The van der Waals surface area contributed by atoms with E-state index in [1.165, 1.54) is 6.07 Å². The van der Waals surface area contributed by atoms with Crippen LogP contribution >= 0.6 is 0 Å². The van der Waals surface area contributed by atoms with Gasteiger partial charge in [-0.15, -0.1) is 0 Å². The van der Waals surface area contributed by atoms with E-state index < -0.39 is 0 Å². The number of aromatic amines is 1. The molecule has 8 nitrogen and oxygen atoms in total. The van der Waals surface area contributed by atoms with Crippen molar-refractivity contribution in [2.45, 2.75) is 26.7 Å².